The Labute approximate surface area is 181 Å². The van der Waals surface area contributed by atoms with Gasteiger partial charge in [-0.25, -0.2) is 14.4 Å². The topological polar surface area (TPSA) is 153 Å². The Balaban J connectivity index is 1.49. The number of ether oxygens (including phenoxy) is 1. The molecule has 12 heteroatoms. The van der Waals surface area contributed by atoms with E-state index in [0.29, 0.717) is 23.0 Å². The highest BCUT2D eigenvalue weighted by molar-refractivity contribution is 5.77. The fourth-order valence-electron chi connectivity index (χ4n) is 3.31. The van der Waals surface area contributed by atoms with Crippen molar-refractivity contribution < 1.29 is 19.0 Å². The molecular weight excluding hydrogens is 419 g/mol. The lowest BCUT2D eigenvalue weighted by Crippen LogP contribution is -2.50. The third kappa shape index (κ3) is 4.62. The van der Waals surface area contributed by atoms with Crippen molar-refractivity contribution in [3.63, 3.8) is 0 Å². The quantitative estimate of drug-likeness (QED) is 0.515. The van der Waals surface area contributed by atoms with Gasteiger partial charge in [0.25, 0.3) is 0 Å². The molecule has 1 fully saturated rings. The summed E-state index contributed by atoms with van der Waals surface area (Å²) in [6.07, 6.45) is 2.56. The first-order valence-electron chi connectivity index (χ1n) is 9.76. The van der Waals surface area contributed by atoms with Crippen LogP contribution in [0.3, 0.4) is 0 Å². The molecule has 1 aliphatic heterocycles. The molecule has 164 valence electrons. The lowest BCUT2D eigenvalue weighted by Gasteiger charge is -2.34. The van der Waals surface area contributed by atoms with E-state index in [9.17, 15) is 14.4 Å². The van der Waals surface area contributed by atoms with E-state index in [-0.39, 0.29) is 30.8 Å². The number of anilines is 2. The van der Waals surface area contributed by atoms with E-state index in [4.69, 9.17) is 9.84 Å². The van der Waals surface area contributed by atoms with Gasteiger partial charge in [-0.2, -0.15) is 15.3 Å². The molecular formula is C20H19FN8O3. The number of nitriles is 1. The van der Waals surface area contributed by atoms with Gasteiger partial charge in [-0.05, 0) is 18.2 Å². The predicted molar refractivity (Wildman–Crippen MR) is 109 cm³/mol. The number of rotatable bonds is 6. The van der Waals surface area contributed by atoms with Crippen LogP contribution < -0.4 is 10.1 Å². The number of H-pyrrole nitrogens is 1. The van der Waals surface area contributed by atoms with Gasteiger partial charge < -0.3 is 20.1 Å². The Kier molecular flexibility index (Phi) is 6.18. The number of amides is 1. The molecule has 0 aliphatic carbocycles. The van der Waals surface area contributed by atoms with Crippen LogP contribution in [0.25, 0.3) is 11.4 Å². The predicted octanol–water partition coefficient (Wildman–Crippen LogP) is 1.19. The van der Waals surface area contributed by atoms with E-state index >= 15 is 0 Å². The highest BCUT2D eigenvalue weighted by Gasteiger charge is 2.33. The van der Waals surface area contributed by atoms with Crippen LogP contribution in [0.5, 0.6) is 5.75 Å². The fourth-order valence-corrected chi connectivity index (χ4v) is 3.31. The fraction of sp³-hybridized carbons (Fsp3) is 0.300. The molecule has 0 bridgehead atoms. The lowest BCUT2D eigenvalue weighted by molar-refractivity contribution is -0.138. The van der Waals surface area contributed by atoms with Gasteiger partial charge in [0.15, 0.2) is 12.0 Å². The first kappa shape index (κ1) is 21.1. The zero-order valence-electron chi connectivity index (χ0n) is 16.8. The molecule has 0 unspecified atom stereocenters. The van der Waals surface area contributed by atoms with Gasteiger partial charge in [0.05, 0.1) is 24.0 Å². The summed E-state index contributed by atoms with van der Waals surface area (Å²) >= 11 is 0. The molecule has 3 N–H and O–H groups in total. The number of nitrogens with one attached hydrogen (secondary N) is 2. The number of halogens is 1. The maximum absolute atomic E-state index is 14.5. The molecule has 4 rings (SSSR count). The van der Waals surface area contributed by atoms with Crippen LogP contribution in [0.2, 0.25) is 0 Å². The molecule has 1 amide bonds. The molecule has 3 aromatic rings. The van der Waals surface area contributed by atoms with Crippen molar-refractivity contribution >= 4 is 17.5 Å². The van der Waals surface area contributed by atoms with Crippen LogP contribution in [0.4, 0.5) is 16.0 Å². The van der Waals surface area contributed by atoms with Crippen LogP contribution in [0.1, 0.15) is 12.0 Å². The molecule has 1 saturated heterocycles. The number of aromatic nitrogens is 5. The molecule has 0 radical (unpaired) electrons. The van der Waals surface area contributed by atoms with E-state index < -0.39 is 24.8 Å². The van der Waals surface area contributed by atoms with Gasteiger partial charge in [-0.15, -0.1) is 0 Å². The van der Waals surface area contributed by atoms with Gasteiger partial charge in [0.2, 0.25) is 11.9 Å². The molecule has 3 heterocycles. The molecule has 1 aromatic carbocycles. The number of nitrogens with zero attached hydrogens (tertiary/aromatic N) is 6. The van der Waals surface area contributed by atoms with Gasteiger partial charge in [-0.3, -0.25) is 9.89 Å². The Morgan fingerprint density at radius 3 is 3.03 bits per heavy atom. The summed E-state index contributed by atoms with van der Waals surface area (Å²) in [5.41, 5.74) is 1.44. The summed E-state index contributed by atoms with van der Waals surface area (Å²) in [4.78, 5) is 25.4. The third-order valence-electron chi connectivity index (χ3n) is 4.93. The Hall–Kier alpha value is -4.11. The van der Waals surface area contributed by atoms with Crippen LogP contribution in [-0.4, -0.2) is 73.0 Å². The number of aliphatic hydroxyl groups is 1. The first-order chi connectivity index (χ1) is 15.6. The number of alkyl halides is 1. The van der Waals surface area contributed by atoms with Crippen molar-refractivity contribution in [2.45, 2.75) is 18.7 Å². The molecule has 11 nitrogen and oxygen atoms in total. The van der Waals surface area contributed by atoms with Gasteiger partial charge in [0.1, 0.15) is 30.9 Å². The average molecular weight is 438 g/mol. The number of benzene rings is 1. The minimum atomic E-state index is -1.44. The molecule has 2 aromatic heterocycles. The second-order valence-corrected chi connectivity index (χ2v) is 7.03. The number of piperidine rings is 1. The molecule has 0 saturated carbocycles. The maximum atomic E-state index is 14.5. The summed E-state index contributed by atoms with van der Waals surface area (Å²) < 4.78 is 20.3. The zero-order valence-corrected chi connectivity index (χ0v) is 16.8. The number of aromatic amines is 1. The van der Waals surface area contributed by atoms with Crippen LogP contribution in [-0.2, 0) is 4.79 Å². The zero-order chi connectivity index (χ0) is 22.5. The average Bonchev–Trinajstić information content (AvgIpc) is 3.33. The Morgan fingerprint density at radius 1 is 1.44 bits per heavy atom. The van der Waals surface area contributed by atoms with Crippen molar-refractivity contribution in [3.8, 4) is 23.2 Å². The second kappa shape index (κ2) is 9.36. The Bertz CT molecular complexity index is 1130. The molecule has 1 aliphatic rings. The number of carbonyl (C=O) groups excluding carboxylic acids is 1. The second-order valence-electron chi connectivity index (χ2n) is 7.03. The Morgan fingerprint density at radius 2 is 2.31 bits per heavy atom. The largest absolute Gasteiger partial charge is 0.486 e. The summed E-state index contributed by atoms with van der Waals surface area (Å²) in [5.74, 6) is 0.358. The van der Waals surface area contributed by atoms with Gasteiger partial charge >= 0.3 is 0 Å². The normalized spacial score (nSPS) is 18.1. The van der Waals surface area contributed by atoms with Crippen molar-refractivity contribution in [1.82, 2.24) is 30.0 Å². The van der Waals surface area contributed by atoms with Crippen molar-refractivity contribution in [3.05, 3.63) is 42.5 Å². The van der Waals surface area contributed by atoms with E-state index in [0.717, 1.165) is 0 Å². The van der Waals surface area contributed by atoms with Crippen LogP contribution in [0.15, 0.2) is 36.9 Å². The van der Waals surface area contributed by atoms with E-state index in [1.807, 2.05) is 0 Å². The standard InChI is InChI=1S/C20H19FN8O3/c21-15-9-29(18(31)10-30)4-3-17(15)32-16-2-1-12(5-13(16)6-22)19-23-11-24-20(28-19)27-14-7-25-26-8-14/h1-2,5,7-8,11,15,17,30H,3-4,9-10H2,(H,25,26)(H,23,24,27,28)/t15-,17-/m0/s1. The highest BCUT2D eigenvalue weighted by atomic mass is 19.1. The SMILES string of the molecule is N#Cc1cc(-c2ncnc(Nc3cn[nH]c3)n2)ccc1O[C@H]1CCN(C(=O)CO)C[C@@H]1F. The molecule has 32 heavy (non-hydrogen) atoms. The molecule has 0 spiro atoms. The lowest BCUT2D eigenvalue weighted by atomic mass is 10.0. The van der Waals surface area contributed by atoms with Crippen molar-refractivity contribution in [2.24, 2.45) is 0 Å². The van der Waals surface area contributed by atoms with Crippen LogP contribution >= 0.6 is 0 Å². The molecule has 2 atom stereocenters. The van der Waals surface area contributed by atoms with Gasteiger partial charge in [-0.1, -0.05) is 0 Å². The van der Waals surface area contributed by atoms with Crippen molar-refractivity contribution in [2.75, 3.05) is 25.0 Å². The number of carbonyl (C=O) groups is 1. The van der Waals surface area contributed by atoms with E-state index in [2.05, 4.69) is 36.5 Å². The minimum absolute atomic E-state index is 0.165. The number of hydrogen-bond acceptors (Lipinski definition) is 9. The van der Waals surface area contributed by atoms with E-state index in [1.165, 1.54) is 11.2 Å². The monoisotopic (exact) mass is 438 g/mol. The number of hydrogen-bond donors (Lipinski definition) is 3. The first-order valence-corrected chi connectivity index (χ1v) is 9.76. The van der Waals surface area contributed by atoms with Crippen LogP contribution in [0, 0.1) is 11.3 Å². The summed E-state index contributed by atoms with van der Waals surface area (Å²) in [7, 11) is 0. The highest BCUT2D eigenvalue weighted by Crippen LogP contribution is 2.28. The van der Waals surface area contributed by atoms with E-state index in [1.54, 1.807) is 30.6 Å². The summed E-state index contributed by atoms with van der Waals surface area (Å²) in [5, 5.41) is 28.0. The summed E-state index contributed by atoms with van der Waals surface area (Å²) in [6, 6.07) is 6.85. The smallest absolute Gasteiger partial charge is 0.248 e. The number of aliphatic hydroxyl groups excluding tert-OH is 1. The maximum Gasteiger partial charge on any atom is 0.248 e. The third-order valence-corrected chi connectivity index (χ3v) is 4.93. The minimum Gasteiger partial charge on any atom is -0.486 e. The number of likely N-dealkylation sites (tertiary alicyclic amines) is 1. The van der Waals surface area contributed by atoms with Crippen molar-refractivity contribution in [1.29, 1.82) is 5.26 Å². The van der Waals surface area contributed by atoms with Gasteiger partial charge in [0, 0.05) is 24.7 Å². The summed E-state index contributed by atoms with van der Waals surface area (Å²) in [6.45, 7) is -0.558.